The van der Waals surface area contributed by atoms with Crippen molar-refractivity contribution >= 4 is 18.5 Å². The first-order valence-electron chi connectivity index (χ1n) is 5.57. The first-order chi connectivity index (χ1) is 8.44. The molecular formula is C13H14ClFN2O2. The Bertz CT molecular complexity index is 540. The molecule has 1 aromatic rings. The molecule has 0 radical (unpaired) electrons. The Morgan fingerprint density at radius 3 is 2.84 bits per heavy atom. The van der Waals surface area contributed by atoms with Crippen LogP contribution in [0.3, 0.4) is 0 Å². The molecule has 1 fully saturated rings. The summed E-state index contributed by atoms with van der Waals surface area (Å²) in [5.41, 5.74) is 0.358. The number of halogens is 2. The normalized spacial score (nSPS) is 20.5. The number of ether oxygens (including phenoxy) is 1. The van der Waals surface area contributed by atoms with Gasteiger partial charge in [0.1, 0.15) is 18.5 Å². The number of nitrogens with one attached hydrogen (secondary N) is 1. The fourth-order valence-corrected chi connectivity index (χ4v) is 2.03. The van der Waals surface area contributed by atoms with E-state index >= 15 is 0 Å². The van der Waals surface area contributed by atoms with E-state index in [1.165, 1.54) is 12.1 Å². The smallest absolute Gasteiger partial charge is 0.407 e. The third-order valence-corrected chi connectivity index (χ3v) is 3.06. The first kappa shape index (κ1) is 15.3. The lowest BCUT2D eigenvalue weighted by molar-refractivity contribution is 0.0387. The van der Waals surface area contributed by atoms with E-state index in [1.807, 2.05) is 13.8 Å². The SMILES string of the molecule is CC1(C)COC(=O)N[C@H]1c1ccc(F)c(C#N)c1.Cl. The van der Waals surface area contributed by atoms with E-state index in [4.69, 9.17) is 10.00 Å². The van der Waals surface area contributed by atoms with Gasteiger partial charge in [-0.05, 0) is 17.7 Å². The topological polar surface area (TPSA) is 62.1 Å². The van der Waals surface area contributed by atoms with Gasteiger partial charge in [0, 0.05) is 5.41 Å². The van der Waals surface area contributed by atoms with Crippen LogP contribution in [0.15, 0.2) is 18.2 Å². The van der Waals surface area contributed by atoms with Gasteiger partial charge in [0.15, 0.2) is 0 Å². The van der Waals surface area contributed by atoms with Gasteiger partial charge in [-0.3, -0.25) is 0 Å². The monoisotopic (exact) mass is 284 g/mol. The summed E-state index contributed by atoms with van der Waals surface area (Å²) in [5, 5.41) is 11.5. The van der Waals surface area contributed by atoms with E-state index in [9.17, 15) is 9.18 Å². The minimum Gasteiger partial charge on any atom is -0.449 e. The Balaban J connectivity index is 0.00000180. The lowest BCUT2D eigenvalue weighted by Crippen LogP contribution is -2.46. The van der Waals surface area contributed by atoms with Crippen molar-refractivity contribution in [1.29, 1.82) is 5.26 Å². The van der Waals surface area contributed by atoms with Crippen LogP contribution in [0.2, 0.25) is 0 Å². The number of cyclic esters (lactones) is 1. The van der Waals surface area contributed by atoms with Crippen LogP contribution in [0.4, 0.5) is 9.18 Å². The molecule has 0 spiro atoms. The van der Waals surface area contributed by atoms with E-state index in [-0.39, 0.29) is 36.0 Å². The number of benzene rings is 1. The Labute approximate surface area is 117 Å². The van der Waals surface area contributed by atoms with Crippen LogP contribution >= 0.6 is 12.4 Å². The van der Waals surface area contributed by atoms with Gasteiger partial charge in [-0.25, -0.2) is 9.18 Å². The molecule has 1 atom stereocenters. The van der Waals surface area contributed by atoms with Gasteiger partial charge in [0.25, 0.3) is 0 Å². The van der Waals surface area contributed by atoms with Gasteiger partial charge in [-0.15, -0.1) is 12.4 Å². The van der Waals surface area contributed by atoms with Crippen LogP contribution in [-0.2, 0) is 4.74 Å². The number of alkyl carbamates (subject to hydrolysis) is 1. The van der Waals surface area contributed by atoms with Gasteiger partial charge >= 0.3 is 6.09 Å². The maximum Gasteiger partial charge on any atom is 0.407 e. The molecule has 19 heavy (non-hydrogen) atoms. The number of carbonyl (C=O) groups is 1. The number of nitriles is 1. The van der Waals surface area contributed by atoms with Crippen molar-refractivity contribution in [3.05, 3.63) is 35.1 Å². The minimum atomic E-state index is -0.558. The second-order valence-electron chi connectivity index (χ2n) is 4.99. The van der Waals surface area contributed by atoms with E-state index in [0.29, 0.717) is 5.56 Å². The quantitative estimate of drug-likeness (QED) is 0.862. The van der Waals surface area contributed by atoms with Crippen LogP contribution < -0.4 is 5.32 Å². The summed E-state index contributed by atoms with van der Waals surface area (Å²) in [6.07, 6.45) is -0.498. The lowest BCUT2D eigenvalue weighted by Gasteiger charge is -2.38. The summed E-state index contributed by atoms with van der Waals surface area (Å²) in [4.78, 5) is 11.3. The first-order valence-corrected chi connectivity index (χ1v) is 5.57. The van der Waals surface area contributed by atoms with Gasteiger partial charge in [0.2, 0.25) is 0 Å². The number of nitrogens with zero attached hydrogens (tertiary/aromatic N) is 1. The molecule has 0 bridgehead atoms. The molecular weight excluding hydrogens is 271 g/mol. The Kier molecular flexibility index (Phi) is 4.38. The molecule has 0 aliphatic carbocycles. The predicted octanol–water partition coefficient (Wildman–Crippen LogP) is 2.93. The summed E-state index contributed by atoms with van der Waals surface area (Å²) in [5.74, 6) is -0.558. The van der Waals surface area contributed by atoms with Crippen molar-refractivity contribution in [2.75, 3.05) is 6.61 Å². The van der Waals surface area contributed by atoms with Gasteiger partial charge in [-0.1, -0.05) is 19.9 Å². The zero-order valence-corrected chi connectivity index (χ0v) is 11.4. The molecule has 1 heterocycles. The molecule has 102 valence electrons. The lowest BCUT2D eigenvalue weighted by atomic mass is 9.80. The van der Waals surface area contributed by atoms with Crippen molar-refractivity contribution in [3.63, 3.8) is 0 Å². The van der Waals surface area contributed by atoms with Crippen molar-refractivity contribution in [3.8, 4) is 6.07 Å². The third-order valence-electron chi connectivity index (χ3n) is 3.06. The maximum absolute atomic E-state index is 13.3. The minimum absolute atomic E-state index is 0. The average Bonchev–Trinajstić information content (AvgIpc) is 2.33. The zero-order valence-electron chi connectivity index (χ0n) is 10.6. The van der Waals surface area contributed by atoms with E-state index < -0.39 is 11.9 Å². The van der Waals surface area contributed by atoms with Crippen molar-refractivity contribution in [2.24, 2.45) is 5.41 Å². The van der Waals surface area contributed by atoms with Crippen LogP contribution in [0.5, 0.6) is 0 Å². The van der Waals surface area contributed by atoms with Crippen LogP contribution in [0, 0.1) is 22.6 Å². The fourth-order valence-electron chi connectivity index (χ4n) is 2.03. The number of rotatable bonds is 1. The summed E-state index contributed by atoms with van der Waals surface area (Å²) in [6, 6.07) is 5.78. The highest BCUT2D eigenvalue weighted by molar-refractivity contribution is 5.85. The fraction of sp³-hybridized carbons (Fsp3) is 0.385. The van der Waals surface area contributed by atoms with Crippen molar-refractivity contribution < 1.29 is 13.9 Å². The summed E-state index contributed by atoms with van der Waals surface area (Å²) in [6.45, 7) is 4.15. The molecule has 1 saturated heterocycles. The van der Waals surface area contributed by atoms with Gasteiger partial charge in [-0.2, -0.15) is 5.26 Å². The second kappa shape index (κ2) is 5.45. The molecule has 0 unspecified atom stereocenters. The highest BCUT2D eigenvalue weighted by atomic mass is 35.5. The highest BCUT2D eigenvalue weighted by Crippen LogP contribution is 2.36. The number of hydrogen-bond donors (Lipinski definition) is 1. The summed E-state index contributed by atoms with van der Waals surface area (Å²) < 4.78 is 18.2. The van der Waals surface area contributed by atoms with Crippen molar-refractivity contribution in [1.82, 2.24) is 5.32 Å². The molecule has 4 nitrogen and oxygen atoms in total. The summed E-state index contributed by atoms with van der Waals surface area (Å²) >= 11 is 0. The summed E-state index contributed by atoms with van der Waals surface area (Å²) in [7, 11) is 0. The standard InChI is InChI=1S/C13H13FN2O2.ClH/c1-13(2)7-18-12(17)16-11(13)8-3-4-10(14)9(5-8)6-15;/h3-5,11H,7H2,1-2H3,(H,16,17);1H/t11-;/m0./s1. The van der Waals surface area contributed by atoms with Gasteiger partial charge < -0.3 is 10.1 Å². The second-order valence-corrected chi connectivity index (χ2v) is 4.99. The third kappa shape index (κ3) is 2.96. The number of amides is 1. The van der Waals surface area contributed by atoms with E-state index in [0.717, 1.165) is 0 Å². The van der Waals surface area contributed by atoms with Crippen LogP contribution in [-0.4, -0.2) is 12.7 Å². The molecule has 1 amide bonds. The Morgan fingerprint density at radius 2 is 2.21 bits per heavy atom. The zero-order chi connectivity index (χ0) is 13.3. The molecule has 2 rings (SSSR count). The van der Waals surface area contributed by atoms with Gasteiger partial charge in [0.05, 0.1) is 11.6 Å². The van der Waals surface area contributed by atoms with E-state index in [2.05, 4.69) is 5.32 Å². The van der Waals surface area contributed by atoms with E-state index in [1.54, 1.807) is 12.1 Å². The Morgan fingerprint density at radius 1 is 1.53 bits per heavy atom. The molecule has 1 aromatic carbocycles. The molecule has 6 heteroatoms. The van der Waals surface area contributed by atoms with Crippen LogP contribution in [0.1, 0.15) is 31.0 Å². The average molecular weight is 285 g/mol. The molecule has 1 aliphatic heterocycles. The van der Waals surface area contributed by atoms with Crippen molar-refractivity contribution in [2.45, 2.75) is 19.9 Å². The molecule has 0 saturated carbocycles. The number of hydrogen-bond acceptors (Lipinski definition) is 3. The maximum atomic E-state index is 13.3. The Hall–Kier alpha value is -1.80. The number of carbonyl (C=O) groups excluding carboxylic acids is 1. The predicted molar refractivity (Wildman–Crippen MR) is 69.4 cm³/mol. The molecule has 1 aliphatic rings. The largest absolute Gasteiger partial charge is 0.449 e. The highest BCUT2D eigenvalue weighted by Gasteiger charge is 2.38. The van der Waals surface area contributed by atoms with Crippen LogP contribution in [0.25, 0.3) is 0 Å². The molecule has 0 aromatic heterocycles. The molecule has 1 N–H and O–H groups in total.